The first-order valence-corrected chi connectivity index (χ1v) is 8.89. The van der Waals surface area contributed by atoms with Gasteiger partial charge < -0.3 is 4.74 Å². The van der Waals surface area contributed by atoms with E-state index < -0.39 is 0 Å². The van der Waals surface area contributed by atoms with Crippen LogP contribution in [0.5, 0.6) is 0 Å². The molecule has 1 aliphatic heterocycles. The van der Waals surface area contributed by atoms with Gasteiger partial charge in [0, 0.05) is 43.7 Å². The van der Waals surface area contributed by atoms with Crippen LogP contribution in [-0.4, -0.2) is 28.0 Å². The van der Waals surface area contributed by atoms with Gasteiger partial charge in [0.25, 0.3) is 0 Å². The van der Waals surface area contributed by atoms with Crippen LogP contribution in [0.4, 0.5) is 0 Å². The Hall–Kier alpha value is -1.30. The molecule has 1 saturated carbocycles. The first-order chi connectivity index (χ1) is 10.9. The third-order valence-electron chi connectivity index (χ3n) is 4.46. The summed E-state index contributed by atoms with van der Waals surface area (Å²) >= 11 is 1.73. The maximum absolute atomic E-state index is 5.86. The molecule has 4 nitrogen and oxygen atoms in total. The molecule has 1 fully saturated rings. The van der Waals surface area contributed by atoms with Gasteiger partial charge in [-0.2, -0.15) is 0 Å². The van der Waals surface area contributed by atoms with Crippen LogP contribution in [0.1, 0.15) is 34.5 Å². The number of nitrogens with zero attached hydrogens (tertiary/aromatic N) is 3. The molecule has 0 unspecified atom stereocenters. The fraction of sp³-hybridized carbons (Fsp3) is 0.529. The summed E-state index contributed by atoms with van der Waals surface area (Å²) in [5.41, 5.74) is 4.10. The van der Waals surface area contributed by atoms with Crippen LogP contribution in [0.2, 0.25) is 0 Å². The second-order valence-electron chi connectivity index (χ2n) is 6.28. The van der Waals surface area contributed by atoms with Crippen LogP contribution in [-0.2, 0) is 30.9 Å². The summed E-state index contributed by atoms with van der Waals surface area (Å²) in [4.78, 5) is 11.3. The summed E-state index contributed by atoms with van der Waals surface area (Å²) in [6.07, 6.45) is 9.67. The molecular weight excluding hydrogens is 294 g/mol. The lowest BCUT2D eigenvalue weighted by Crippen LogP contribution is -2.31. The first-order valence-electron chi connectivity index (χ1n) is 8.01. The molecule has 116 valence electrons. The van der Waals surface area contributed by atoms with Gasteiger partial charge >= 0.3 is 0 Å². The lowest BCUT2D eigenvalue weighted by atomic mass is 9.97. The molecule has 0 saturated heterocycles. The Kier molecular flexibility index (Phi) is 4.19. The average Bonchev–Trinajstić information content (AvgIpc) is 3.22. The molecule has 0 atom stereocenters. The molecule has 0 spiro atoms. The summed E-state index contributed by atoms with van der Waals surface area (Å²) < 4.78 is 5.86. The Morgan fingerprint density at radius 2 is 2.27 bits per heavy atom. The van der Waals surface area contributed by atoms with Gasteiger partial charge in [-0.25, -0.2) is 4.98 Å². The largest absolute Gasteiger partial charge is 0.376 e. The quantitative estimate of drug-likeness (QED) is 0.821. The van der Waals surface area contributed by atoms with Gasteiger partial charge in [-0.1, -0.05) is 0 Å². The van der Waals surface area contributed by atoms with Crippen molar-refractivity contribution in [2.75, 3.05) is 13.2 Å². The van der Waals surface area contributed by atoms with E-state index in [0.29, 0.717) is 0 Å². The predicted octanol–water partition coefficient (Wildman–Crippen LogP) is 3.02. The minimum absolute atomic E-state index is 0.721. The van der Waals surface area contributed by atoms with E-state index in [1.165, 1.54) is 34.5 Å². The number of fused-ring (bicyclic) bond motifs is 1. The van der Waals surface area contributed by atoms with Gasteiger partial charge in [0.2, 0.25) is 0 Å². The van der Waals surface area contributed by atoms with Crippen molar-refractivity contribution in [1.29, 1.82) is 0 Å². The third-order valence-corrected chi connectivity index (χ3v) is 5.22. The maximum atomic E-state index is 5.86. The van der Waals surface area contributed by atoms with Crippen LogP contribution in [0, 0.1) is 5.92 Å². The molecule has 2 aromatic heterocycles. The van der Waals surface area contributed by atoms with E-state index in [1.807, 2.05) is 24.0 Å². The molecule has 2 aromatic rings. The number of aromatic nitrogens is 2. The van der Waals surface area contributed by atoms with Crippen molar-refractivity contribution in [1.82, 2.24) is 14.9 Å². The fourth-order valence-electron chi connectivity index (χ4n) is 3.03. The van der Waals surface area contributed by atoms with E-state index in [-0.39, 0.29) is 0 Å². The fourth-order valence-corrected chi connectivity index (χ4v) is 3.69. The zero-order chi connectivity index (χ0) is 14.8. The van der Waals surface area contributed by atoms with Crippen molar-refractivity contribution in [3.8, 4) is 0 Å². The van der Waals surface area contributed by atoms with Crippen molar-refractivity contribution in [3.63, 3.8) is 0 Å². The van der Waals surface area contributed by atoms with Crippen molar-refractivity contribution in [2.45, 2.75) is 39.0 Å². The van der Waals surface area contributed by atoms with Gasteiger partial charge in [0.1, 0.15) is 5.01 Å². The Morgan fingerprint density at radius 3 is 3.09 bits per heavy atom. The van der Waals surface area contributed by atoms with Crippen LogP contribution in [0.15, 0.2) is 24.0 Å². The molecule has 1 aliphatic carbocycles. The smallest absolute Gasteiger partial charge is 0.107 e. The highest BCUT2D eigenvalue weighted by atomic mass is 32.1. The van der Waals surface area contributed by atoms with E-state index >= 15 is 0 Å². The highest BCUT2D eigenvalue weighted by molar-refractivity contribution is 7.09. The van der Waals surface area contributed by atoms with Crippen molar-refractivity contribution >= 4 is 11.3 Å². The number of ether oxygens (including phenoxy) is 1. The van der Waals surface area contributed by atoms with E-state index in [9.17, 15) is 0 Å². The number of pyridine rings is 1. The molecule has 22 heavy (non-hydrogen) atoms. The van der Waals surface area contributed by atoms with Crippen LogP contribution < -0.4 is 0 Å². The average molecular weight is 315 g/mol. The zero-order valence-electron chi connectivity index (χ0n) is 12.7. The second kappa shape index (κ2) is 6.44. The summed E-state index contributed by atoms with van der Waals surface area (Å²) in [5, 5.41) is 3.24. The Labute approximate surface area is 135 Å². The molecule has 0 radical (unpaired) electrons. The van der Waals surface area contributed by atoms with Gasteiger partial charge in [-0.3, -0.25) is 9.88 Å². The molecule has 0 bridgehead atoms. The van der Waals surface area contributed by atoms with E-state index in [0.717, 1.165) is 45.2 Å². The highest BCUT2D eigenvalue weighted by Gasteiger charge is 2.22. The van der Waals surface area contributed by atoms with Gasteiger partial charge in [0.05, 0.1) is 13.2 Å². The number of hydrogen-bond acceptors (Lipinski definition) is 5. The van der Waals surface area contributed by atoms with Crippen molar-refractivity contribution < 1.29 is 4.74 Å². The number of thiazole rings is 1. The first kappa shape index (κ1) is 14.3. The van der Waals surface area contributed by atoms with Gasteiger partial charge in [0.15, 0.2) is 0 Å². The maximum Gasteiger partial charge on any atom is 0.107 e. The molecule has 0 aromatic carbocycles. The SMILES string of the molecule is c1csc(CN2CCc3c(COCC4CC4)cncc3C2)n1. The van der Waals surface area contributed by atoms with Crippen LogP contribution in [0.25, 0.3) is 0 Å². The summed E-state index contributed by atoms with van der Waals surface area (Å²) in [7, 11) is 0. The Bertz CT molecular complexity index is 625. The number of rotatable bonds is 6. The molecule has 2 aliphatic rings. The molecule has 3 heterocycles. The van der Waals surface area contributed by atoms with E-state index in [2.05, 4.69) is 14.9 Å². The third kappa shape index (κ3) is 3.37. The standard InChI is InChI=1S/C17H21N3OS/c1-2-13(1)11-21-12-15-8-18-7-14-9-20(5-3-16(14)15)10-17-19-4-6-22-17/h4,6-8,13H,1-3,5,9-12H2. The molecule has 4 rings (SSSR count). The zero-order valence-corrected chi connectivity index (χ0v) is 13.5. The summed E-state index contributed by atoms with van der Waals surface area (Å²) in [5.74, 6) is 0.821. The molecule has 0 N–H and O–H groups in total. The molecule has 5 heteroatoms. The second-order valence-corrected chi connectivity index (χ2v) is 7.26. The monoisotopic (exact) mass is 315 g/mol. The Morgan fingerprint density at radius 1 is 1.32 bits per heavy atom. The molecular formula is C17H21N3OS. The predicted molar refractivity (Wildman–Crippen MR) is 86.5 cm³/mol. The van der Waals surface area contributed by atoms with Gasteiger partial charge in [-0.15, -0.1) is 11.3 Å². The van der Waals surface area contributed by atoms with Crippen LogP contribution in [0.3, 0.4) is 0 Å². The molecule has 0 amide bonds. The van der Waals surface area contributed by atoms with E-state index in [4.69, 9.17) is 4.74 Å². The van der Waals surface area contributed by atoms with Crippen molar-refractivity contribution in [3.05, 3.63) is 45.7 Å². The summed E-state index contributed by atoms with van der Waals surface area (Å²) in [6, 6.07) is 0. The van der Waals surface area contributed by atoms with Gasteiger partial charge in [-0.05, 0) is 41.9 Å². The number of hydrogen-bond donors (Lipinski definition) is 0. The van der Waals surface area contributed by atoms with Crippen molar-refractivity contribution in [2.24, 2.45) is 5.92 Å². The minimum atomic E-state index is 0.721. The lowest BCUT2D eigenvalue weighted by molar-refractivity contribution is 0.110. The normalized spacial score (nSPS) is 18.4. The minimum Gasteiger partial charge on any atom is -0.376 e. The lowest BCUT2D eigenvalue weighted by Gasteiger charge is -2.29. The van der Waals surface area contributed by atoms with E-state index in [1.54, 1.807) is 11.3 Å². The highest BCUT2D eigenvalue weighted by Crippen LogP contribution is 2.29. The summed E-state index contributed by atoms with van der Waals surface area (Å²) in [6.45, 7) is 4.64. The van der Waals surface area contributed by atoms with Crippen LogP contribution >= 0.6 is 11.3 Å². The topological polar surface area (TPSA) is 38.2 Å². The Balaban J connectivity index is 1.41.